The number of aliphatic carboxylic acids is 1. The molecule has 2 rings (SSSR count). The van der Waals surface area contributed by atoms with Gasteiger partial charge in [0, 0.05) is 7.11 Å². The Morgan fingerprint density at radius 2 is 2.40 bits per heavy atom. The Balaban J connectivity index is 2.31. The van der Waals surface area contributed by atoms with Gasteiger partial charge in [-0.05, 0) is 11.4 Å². The van der Waals surface area contributed by atoms with Gasteiger partial charge in [-0.25, -0.2) is 0 Å². The van der Waals surface area contributed by atoms with Gasteiger partial charge < -0.3 is 9.84 Å². The van der Waals surface area contributed by atoms with Gasteiger partial charge in [0.15, 0.2) is 11.0 Å². The summed E-state index contributed by atoms with van der Waals surface area (Å²) in [7, 11) is 1.60. The van der Waals surface area contributed by atoms with Crippen molar-refractivity contribution in [2.75, 3.05) is 19.5 Å². The van der Waals surface area contributed by atoms with Gasteiger partial charge in [0.05, 0.1) is 28.8 Å². The van der Waals surface area contributed by atoms with E-state index in [0.717, 1.165) is 16.6 Å². The molecular formula is C11H12ClN3O3S2. The zero-order chi connectivity index (χ0) is 14.5. The quantitative estimate of drug-likeness (QED) is 0.784. The molecule has 0 aliphatic heterocycles. The molecule has 0 bridgehead atoms. The number of hydrogen-bond acceptors (Lipinski definition) is 6. The molecule has 9 heteroatoms. The molecule has 0 radical (unpaired) electrons. The van der Waals surface area contributed by atoms with E-state index in [9.17, 15) is 4.79 Å². The van der Waals surface area contributed by atoms with Gasteiger partial charge in [-0.2, -0.15) is 0 Å². The number of carboxylic acid groups (broad SMARTS) is 1. The van der Waals surface area contributed by atoms with Crippen LogP contribution in [0.4, 0.5) is 0 Å². The first-order valence-corrected chi connectivity index (χ1v) is 7.88. The molecule has 2 heterocycles. The number of methoxy groups -OCH3 is 1. The maximum absolute atomic E-state index is 10.7. The van der Waals surface area contributed by atoms with Gasteiger partial charge in [0.25, 0.3) is 0 Å². The zero-order valence-corrected chi connectivity index (χ0v) is 13.0. The fraction of sp³-hybridized carbons (Fsp3) is 0.364. The Labute approximate surface area is 128 Å². The van der Waals surface area contributed by atoms with E-state index in [1.165, 1.54) is 11.3 Å². The molecule has 0 amide bonds. The number of carboxylic acids is 1. The molecule has 0 saturated heterocycles. The van der Waals surface area contributed by atoms with Crippen LogP contribution in [-0.2, 0) is 16.1 Å². The molecule has 6 nitrogen and oxygen atoms in total. The van der Waals surface area contributed by atoms with E-state index in [1.54, 1.807) is 13.2 Å². The third-order valence-electron chi connectivity index (χ3n) is 2.38. The molecule has 0 saturated carbocycles. The molecule has 1 N–H and O–H groups in total. The highest BCUT2D eigenvalue weighted by Gasteiger charge is 2.18. The minimum absolute atomic E-state index is 0.0662. The lowest BCUT2D eigenvalue weighted by Crippen LogP contribution is -2.08. The molecule has 0 spiro atoms. The number of thioether (sulfide) groups is 1. The highest BCUT2D eigenvalue weighted by atomic mass is 35.5. The molecule has 0 unspecified atom stereocenters. The third kappa shape index (κ3) is 3.51. The molecule has 0 aliphatic carbocycles. The van der Waals surface area contributed by atoms with Crippen molar-refractivity contribution >= 4 is 40.7 Å². The highest BCUT2D eigenvalue weighted by Crippen LogP contribution is 2.33. The summed E-state index contributed by atoms with van der Waals surface area (Å²) in [5, 5.41) is 19.9. The van der Waals surface area contributed by atoms with Crippen LogP contribution in [0.3, 0.4) is 0 Å². The van der Waals surface area contributed by atoms with Crippen molar-refractivity contribution in [2.24, 2.45) is 0 Å². The number of rotatable bonds is 7. The number of nitrogens with zero attached hydrogens (tertiary/aromatic N) is 3. The predicted octanol–water partition coefficient (Wildman–Crippen LogP) is 2.48. The highest BCUT2D eigenvalue weighted by molar-refractivity contribution is 7.99. The van der Waals surface area contributed by atoms with Gasteiger partial charge in [-0.3, -0.25) is 9.36 Å². The van der Waals surface area contributed by atoms with Crippen LogP contribution in [0.25, 0.3) is 10.7 Å². The zero-order valence-electron chi connectivity index (χ0n) is 10.6. The topological polar surface area (TPSA) is 77.2 Å². The number of aromatic nitrogens is 3. The number of halogens is 1. The van der Waals surface area contributed by atoms with Gasteiger partial charge >= 0.3 is 5.97 Å². The van der Waals surface area contributed by atoms with Gasteiger partial charge in [-0.1, -0.05) is 23.4 Å². The average molecular weight is 334 g/mol. The largest absolute Gasteiger partial charge is 0.481 e. The predicted molar refractivity (Wildman–Crippen MR) is 78.6 cm³/mol. The van der Waals surface area contributed by atoms with Crippen molar-refractivity contribution in [1.29, 1.82) is 0 Å². The summed E-state index contributed by atoms with van der Waals surface area (Å²) < 4.78 is 6.89. The van der Waals surface area contributed by atoms with Crippen LogP contribution in [0.1, 0.15) is 0 Å². The SMILES string of the molecule is COCCn1c(SCC(=O)O)nnc1-c1sccc1Cl. The van der Waals surface area contributed by atoms with Crippen LogP contribution in [0.15, 0.2) is 16.6 Å². The molecule has 20 heavy (non-hydrogen) atoms. The van der Waals surface area contributed by atoms with E-state index in [4.69, 9.17) is 21.4 Å². The second-order valence-electron chi connectivity index (χ2n) is 3.73. The van der Waals surface area contributed by atoms with Crippen LogP contribution in [0, 0.1) is 0 Å². The molecule has 0 aromatic carbocycles. The fourth-order valence-corrected chi connectivity index (χ4v) is 3.34. The van der Waals surface area contributed by atoms with Gasteiger partial charge in [0.1, 0.15) is 0 Å². The smallest absolute Gasteiger partial charge is 0.313 e. The Morgan fingerprint density at radius 1 is 1.60 bits per heavy atom. The Morgan fingerprint density at radius 3 is 3.00 bits per heavy atom. The van der Waals surface area contributed by atoms with Crippen LogP contribution >= 0.6 is 34.7 Å². The van der Waals surface area contributed by atoms with Crippen molar-refractivity contribution in [1.82, 2.24) is 14.8 Å². The van der Waals surface area contributed by atoms with E-state index in [2.05, 4.69) is 10.2 Å². The first kappa shape index (κ1) is 15.3. The molecule has 0 aliphatic rings. The standard InChI is InChI=1S/C11H12ClN3O3S2/c1-18-4-3-15-10(9-7(12)2-5-19-9)13-14-11(15)20-6-8(16)17/h2,5H,3-4,6H2,1H3,(H,16,17). The lowest BCUT2D eigenvalue weighted by molar-refractivity contribution is -0.133. The molecule has 108 valence electrons. The number of ether oxygens (including phenoxy) is 1. The molecule has 0 atom stereocenters. The summed E-state index contributed by atoms with van der Waals surface area (Å²) in [6.45, 7) is 1.02. The van der Waals surface area contributed by atoms with Crippen molar-refractivity contribution in [3.05, 3.63) is 16.5 Å². The Hall–Kier alpha value is -1.09. The average Bonchev–Trinajstić information content (AvgIpc) is 2.99. The van der Waals surface area contributed by atoms with E-state index in [1.807, 2.05) is 9.95 Å². The Bertz CT molecular complexity index is 600. The van der Waals surface area contributed by atoms with Gasteiger partial charge in [0.2, 0.25) is 0 Å². The fourth-order valence-electron chi connectivity index (χ4n) is 1.53. The molecular weight excluding hydrogens is 322 g/mol. The number of thiophene rings is 1. The van der Waals surface area contributed by atoms with Crippen LogP contribution in [-0.4, -0.2) is 45.3 Å². The van der Waals surface area contributed by atoms with Gasteiger partial charge in [-0.15, -0.1) is 21.5 Å². The first-order chi connectivity index (χ1) is 9.63. The van der Waals surface area contributed by atoms with Crippen molar-refractivity contribution < 1.29 is 14.6 Å². The summed E-state index contributed by atoms with van der Waals surface area (Å²) in [4.78, 5) is 11.5. The maximum atomic E-state index is 10.7. The molecule has 2 aromatic heterocycles. The van der Waals surface area contributed by atoms with Crippen LogP contribution < -0.4 is 0 Å². The van der Waals surface area contributed by atoms with E-state index < -0.39 is 5.97 Å². The number of carbonyl (C=O) groups is 1. The summed E-state index contributed by atoms with van der Waals surface area (Å²) in [6.07, 6.45) is 0. The molecule has 0 fully saturated rings. The summed E-state index contributed by atoms with van der Waals surface area (Å²) in [6, 6.07) is 1.79. The van der Waals surface area contributed by atoms with Crippen molar-refractivity contribution in [2.45, 2.75) is 11.7 Å². The van der Waals surface area contributed by atoms with Crippen LogP contribution in [0.2, 0.25) is 5.02 Å². The molecule has 2 aromatic rings. The van der Waals surface area contributed by atoms with E-state index in [0.29, 0.717) is 29.2 Å². The minimum atomic E-state index is -0.896. The first-order valence-electron chi connectivity index (χ1n) is 5.63. The van der Waals surface area contributed by atoms with E-state index >= 15 is 0 Å². The lowest BCUT2D eigenvalue weighted by atomic mass is 10.4. The van der Waals surface area contributed by atoms with Crippen molar-refractivity contribution in [3.8, 4) is 10.7 Å². The normalized spacial score (nSPS) is 10.9. The summed E-state index contributed by atoms with van der Waals surface area (Å²) in [5.74, 6) is -0.328. The van der Waals surface area contributed by atoms with E-state index in [-0.39, 0.29) is 5.75 Å². The number of hydrogen-bond donors (Lipinski definition) is 1. The van der Waals surface area contributed by atoms with Crippen LogP contribution in [0.5, 0.6) is 0 Å². The maximum Gasteiger partial charge on any atom is 0.313 e. The van der Waals surface area contributed by atoms with Crippen molar-refractivity contribution in [3.63, 3.8) is 0 Å². The third-order valence-corrected chi connectivity index (χ3v) is 4.67. The lowest BCUT2D eigenvalue weighted by Gasteiger charge is -2.08. The second-order valence-corrected chi connectivity index (χ2v) is 6.00. The minimum Gasteiger partial charge on any atom is -0.481 e. The Kier molecular flexibility index (Phi) is 5.41. The second kappa shape index (κ2) is 7.07. The summed E-state index contributed by atoms with van der Waals surface area (Å²) in [5.41, 5.74) is 0. The monoisotopic (exact) mass is 333 g/mol. The summed E-state index contributed by atoms with van der Waals surface area (Å²) >= 11 is 8.71.